The zero-order chi connectivity index (χ0) is 17.9. The predicted molar refractivity (Wildman–Crippen MR) is 96.0 cm³/mol. The van der Waals surface area contributed by atoms with Gasteiger partial charge >= 0.3 is 0 Å². The van der Waals surface area contributed by atoms with Crippen molar-refractivity contribution < 1.29 is 14.3 Å². The quantitative estimate of drug-likeness (QED) is 0.836. The first kappa shape index (κ1) is 17.9. The minimum absolute atomic E-state index is 0.0634. The van der Waals surface area contributed by atoms with Gasteiger partial charge in [-0.1, -0.05) is 23.8 Å². The van der Waals surface area contributed by atoms with E-state index in [0.717, 1.165) is 11.1 Å². The number of methoxy groups -OCH3 is 2. The Morgan fingerprint density at radius 3 is 2.08 bits per heavy atom. The summed E-state index contributed by atoms with van der Waals surface area (Å²) < 4.78 is 10.7. The molecule has 4 heteroatoms. The molecule has 0 aliphatic rings. The van der Waals surface area contributed by atoms with Crippen LogP contribution >= 0.6 is 0 Å². The van der Waals surface area contributed by atoms with E-state index < -0.39 is 0 Å². The standard InChI is InChI=1S/C20H25NO3/c1-13-7-8-16(14(2)9-13)12-21(4)20(22)17-10-18(23-5)15(3)19(11-17)24-6/h7-11H,12H2,1-6H3. The molecule has 128 valence electrons. The third-order valence-corrected chi connectivity index (χ3v) is 4.25. The number of hydrogen-bond donors (Lipinski definition) is 0. The molecule has 2 rings (SSSR count). The van der Waals surface area contributed by atoms with Crippen LogP contribution in [0.4, 0.5) is 0 Å². The molecule has 2 aromatic carbocycles. The van der Waals surface area contributed by atoms with Crippen LogP contribution in [0.3, 0.4) is 0 Å². The molecule has 0 unspecified atom stereocenters. The Kier molecular flexibility index (Phi) is 5.50. The number of aryl methyl sites for hydroxylation is 2. The Morgan fingerprint density at radius 1 is 1.00 bits per heavy atom. The van der Waals surface area contributed by atoms with Gasteiger partial charge in [-0.05, 0) is 44.0 Å². The van der Waals surface area contributed by atoms with Crippen molar-refractivity contribution in [3.05, 3.63) is 58.1 Å². The van der Waals surface area contributed by atoms with E-state index in [-0.39, 0.29) is 5.91 Å². The molecule has 0 radical (unpaired) electrons. The number of nitrogens with zero attached hydrogens (tertiary/aromatic N) is 1. The summed E-state index contributed by atoms with van der Waals surface area (Å²) >= 11 is 0. The highest BCUT2D eigenvalue weighted by atomic mass is 16.5. The second-order valence-corrected chi connectivity index (χ2v) is 6.10. The monoisotopic (exact) mass is 327 g/mol. The van der Waals surface area contributed by atoms with Gasteiger partial charge in [0.2, 0.25) is 0 Å². The maximum absolute atomic E-state index is 12.8. The van der Waals surface area contributed by atoms with E-state index in [1.807, 2.05) is 6.92 Å². The average molecular weight is 327 g/mol. The number of benzene rings is 2. The first-order valence-electron chi connectivity index (χ1n) is 7.91. The molecular formula is C20H25NO3. The molecular weight excluding hydrogens is 302 g/mol. The molecule has 0 saturated carbocycles. The molecule has 0 saturated heterocycles. The van der Waals surface area contributed by atoms with E-state index in [0.29, 0.717) is 23.6 Å². The van der Waals surface area contributed by atoms with E-state index in [2.05, 4.69) is 32.0 Å². The van der Waals surface area contributed by atoms with Crippen LogP contribution in [0.25, 0.3) is 0 Å². The normalized spacial score (nSPS) is 10.4. The van der Waals surface area contributed by atoms with Gasteiger partial charge in [-0.2, -0.15) is 0 Å². The third-order valence-electron chi connectivity index (χ3n) is 4.25. The highest BCUT2D eigenvalue weighted by Gasteiger charge is 2.17. The fraction of sp³-hybridized carbons (Fsp3) is 0.350. The Hall–Kier alpha value is -2.49. The smallest absolute Gasteiger partial charge is 0.254 e. The molecule has 0 aromatic heterocycles. The summed E-state index contributed by atoms with van der Waals surface area (Å²) in [5.41, 5.74) is 4.99. The minimum Gasteiger partial charge on any atom is -0.496 e. The van der Waals surface area contributed by atoms with Gasteiger partial charge < -0.3 is 14.4 Å². The largest absolute Gasteiger partial charge is 0.496 e. The SMILES string of the molecule is COc1cc(C(=O)N(C)Cc2ccc(C)cc2C)cc(OC)c1C. The van der Waals surface area contributed by atoms with Crippen LogP contribution in [-0.2, 0) is 6.54 Å². The molecule has 1 amide bonds. The summed E-state index contributed by atoms with van der Waals surface area (Å²) in [6.07, 6.45) is 0. The first-order chi connectivity index (χ1) is 11.4. The molecule has 0 N–H and O–H groups in total. The first-order valence-corrected chi connectivity index (χ1v) is 7.91. The zero-order valence-electron chi connectivity index (χ0n) is 15.3. The van der Waals surface area contributed by atoms with Crippen molar-refractivity contribution >= 4 is 5.91 Å². The lowest BCUT2D eigenvalue weighted by Gasteiger charge is -2.20. The predicted octanol–water partition coefficient (Wildman–Crippen LogP) is 3.90. The van der Waals surface area contributed by atoms with Gasteiger partial charge in [0.1, 0.15) is 11.5 Å². The van der Waals surface area contributed by atoms with E-state index in [1.165, 1.54) is 11.1 Å². The average Bonchev–Trinajstić information content (AvgIpc) is 2.56. The van der Waals surface area contributed by atoms with Crippen molar-refractivity contribution in [2.45, 2.75) is 27.3 Å². The van der Waals surface area contributed by atoms with E-state index in [9.17, 15) is 4.79 Å². The van der Waals surface area contributed by atoms with Crippen molar-refractivity contribution in [1.82, 2.24) is 4.90 Å². The molecule has 0 atom stereocenters. The summed E-state index contributed by atoms with van der Waals surface area (Å²) in [4.78, 5) is 14.5. The molecule has 0 bridgehead atoms. The highest BCUT2D eigenvalue weighted by molar-refractivity contribution is 5.95. The van der Waals surface area contributed by atoms with Crippen LogP contribution in [0, 0.1) is 20.8 Å². The Labute approximate surface area is 144 Å². The molecule has 0 aliphatic heterocycles. The number of carbonyl (C=O) groups excluding carboxylic acids is 1. The summed E-state index contributed by atoms with van der Waals surface area (Å²) in [5.74, 6) is 1.24. The van der Waals surface area contributed by atoms with Crippen LogP contribution < -0.4 is 9.47 Å². The fourth-order valence-corrected chi connectivity index (χ4v) is 2.78. The molecule has 0 spiro atoms. The Morgan fingerprint density at radius 2 is 1.58 bits per heavy atom. The van der Waals surface area contributed by atoms with E-state index >= 15 is 0 Å². The number of hydrogen-bond acceptors (Lipinski definition) is 3. The molecule has 2 aromatic rings. The number of rotatable bonds is 5. The van der Waals surface area contributed by atoms with Gasteiger partial charge in [0, 0.05) is 24.7 Å². The topological polar surface area (TPSA) is 38.8 Å². The van der Waals surface area contributed by atoms with Gasteiger partial charge in [0.25, 0.3) is 5.91 Å². The van der Waals surface area contributed by atoms with Crippen LogP contribution in [0.2, 0.25) is 0 Å². The second-order valence-electron chi connectivity index (χ2n) is 6.10. The maximum Gasteiger partial charge on any atom is 0.254 e. The number of carbonyl (C=O) groups is 1. The fourth-order valence-electron chi connectivity index (χ4n) is 2.78. The molecule has 4 nitrogen and oxygen atoms in total. The van der Waals surface area contributed by atoms with Crippen LogP contribution in [-0.4, -0.2) is 32.1 Å². The van der Waals surface area contributed by atoms with Gasteiger partial charge in [0.15, 0.2) is 0 Å². The highest BCUT2D eigenvalue weighted by Crippen LogP contribution is 2.30. The lowest BCUT2D eigenvalue weighted by atomic mass is 10.0. The van der Waals surface area contributed by atoms with Crippen molar-refractivity contribution in [3.8, 4) is 11.5 Å². The van der Waals surface area contributed by atoms with Crippen molar-refractivity contribution in [3.63, 3.8) is 0 Å². The summed E-state index contributed by atoms with van der Waals surface area (Å²) in [6, 6.07) is 9.80. The molecule has 0 fully saturated rings. The summed E-state index contributed by atoms with van der Waals surface area (Å²) in [7, 11) is 4.99. The molecule has 0 aliphatic carbocycles. The number of amides is 1. The van der Waals surface area contributed by atoms with Crippen LogP contribution in [0.15, 0.2) is 30.3 Å². The van der Waals surface area contributed by atoms with E-state index in [4.69, 9.17) is 9.47 Å². The maximum atomic E-state index is 12.8. The Bertz CT molecular complexity index is 728. The second kappa shape index (κ2) is 7.39. The van der Waals surface area contributed by atoms with Gasteiger partial charge in [-0.25, -0.2) is 0 Å². The minimum atomic E-state index is -0.0634. The van der Waals surface area contributed by atoms with Crippen molar-refractivity contribution in [1.29, 1.82) is 0 Å². The van der Waals surface area contributed by atoms with Gasteiger partial charge in [0.05, 0.1) is 14.2 Å². The van der Waals surface area contributed by atoms with Crippen molar-refractivity contribution in [2.24, 2.45) is 0 Å². The summed E-state index contributed by atoms with van der Waals surface area (Å²) in [6.45, 7) is 6.60. The third kappa shape index (κ3) is 3.70. The van der Waals surface area contributed by atoms with Crippen molar-refractivity contribution in [2.75, 3.05) is 21.3 Å². The molecule has 24 heavy (non-hydrogen) atoms. The molecule has 0 heterocycles. The van der Waals surface area contributed by atoms with Gasteiger partial charge in [-0.3, -0.25) is 4.79 Å². The van der Waals surface area contributed by atoms with Crippen LogP contribution in [0.1, 0.15) is 32.6 Å². The number of ether oxygens (including phenoxy) is 2. The van der Waals surface area contributed by atoms with E-state index in [1.54, 1.807) is 38.3 Å². The lowest BCUT2D eigenvalue weighted by molar-refractivity contribution is 0.0784. The zero-order valence-corrected chi connectivity index (χ0v) is 15.3. The van der Waals surface area contributed by atoms with Gasteiger partial charge in [-0.15, -0.1) is 0 Å². The summed E-state index contributed by atoms with van der Waals surface area (Å²) in [5, 5.41) is 0. The Balaban J connectivity index is 2.27. The van der Waals surface area contributed by atoms with Crippen LogP contribution in [0.5, 0.6) is 11.5 Å². The lowest BCUT2D eigenvalue weighted by Crippen LogP contribution is -2.26.